The number of thioether (sulfide) groups is 1. The maximum Gasteiger partial charge on any atom is 0.0364 e. The van der Waals surface area contributed by atoms with Crippen molar-refractivity contribution < 1.29 is 0 Å². The van der Waals surface area contributed by atoms with Crippen LogP contribution in [0.25, 0.3) is 0 Å². The summed E-state index contributed by atoms with van der Waals surface area (Å²) in [4.78, 5) is 3.68. The summed E-state index contributed by atoms with van der Waals surface area (Å²) in [5, 5.41) is 3.29. The highest BCUT2D eigenvalue weighted by atomic mass is 32.2. The molecule has 0 saturated heterocycles. The van der Waals surface area contributed by atoms with Crippen molar-refractivity contribution in [2.24, 2.45) is 11.8 Å². The Hall–Kier alpha value is -0.670. The van der Waals surface area contributed by atoms with E-state index in [2.05, 4.69) is 61.6 Å². The van der Waals surface area contributed by atoms with Gasteiger partial charge in [0.25, 0.3) is 0 Å². The molecule has 1 atom stereocenters. The molecule has 0 amide bonds. The van der Waals surface area contributed by atoms with E-state index in [0.717, 1.165) is 13.1 Å². The molecule has 0 aromatic heterocycles. The third kappa shape index (κ3) is 4.54. The zero-order valence-electron chi connectivity index (χ0n) is 12.2. The van der Waals surface area contributed by atoms with Crippen LogP contribution in [0.5, 0.6) is 0 Å². The van der Waals surface area contributed by atoms with Gasteiger partial charge in [-0.3, -0.25) is 0 Å². The molecule has 1 unspecified atom stereocenters. The summed E-state index contributed by atoms with van der Waals surface area (Å²) in [6.07, 6.45) is 2.11. The van der Waals surface area contributed by atoms with Crippen molar-refractivity contribution in [3.63, 3.8) is 0 Å². The number of nitrogens with zero attached hydrogens (tertiary/aromatic N) is 1. The maximum atomic E-state index is 3.29. The SMILES string of the molecule is CNCC(CN(C)c1ccc(SC)cc1)C(C)C. The molecule has 1 rings (SSSR count). The number of anilines is 1. The molecule has 0 aliphatic heterocycles. The van der Waals surface area contributed by atoms with Crippen LogP contribution in [-0.4, -0.2) is 33.4 Å². The fourth-order valence-corrected chi connectivity index (χ4v) is 2.48. The Balaban J connectivity index is 2.64. The van der Waals surface area contributed by atoms with Crippen molar-refractivity contribution >= 4 is 17.4 Å². The van der Waals surface area contributed by atoms with Gasteiger partial charge in [-0.25, -0.2) is 0 Å². The van der Waals surface area contributed by atoms with Gasteiger partial charge in [0.2, 0.25) is 0 Å². The second-order valence-electron chi connectivity index (χ2n) is 5.14. The Morgan fingerprint density at radius 1 is 1.22 bits per heavy atom. The molecule has 1 aromatic rings. The highest BCUT2D eigenvalue weighted by Gasteiger charge is 2.15. The molecule has 2 nitrogen and oxygen atoms in total. The standard InChI is InChI=1S/C15H26N2S/c1-12(2)13(10-16-3)11-17(4)14-6-8-15(18-5)9-7-14/h6-9,12-13,16H,10-11H2,1-5H3. The van der Waals surface area contributed by atoms with E-state index in [1.54, 1.807) is 11.8 Å². The van der Waals surface area contributed by atoms with Crippen molar-refractivity contribution in [2.75, 3.05) is 38.3 Å². The monoisotopic (exact) mass is 266 g/mol. The third-order valence-electron chi connectivity index (χ3n) is 3.43. The number of rotatable bonds is 7. The van der Waals surface area contributed by atoms with E-state index in [4.69, 9.17) is 0 Å². The minimum absolute atomic E-state index is 0.681. The van der Waals surface area contributed by atoms with E-state index in [1.807, 2.05) is 7.05 Å². The third-order valence-corrected chi connectivity index (χ3v) is 4.17. The van der Waals surface area contributed by atoms with Gasteiger partial charge in [-0.05, 0) is 55.9 Å². The lowest BCUT2D eigenvalue weighted by Gasteiger charge is -2.28. The topological polar surface area (TPSA) is 15.3 Å². The molecule has 102 valence electrons. The van der Waals surface area contributed by atoms with Gasteiger partial charge < -0.3 is 10.2 Å². The predicted molar refractivity (Wildman–Crippen MR) is 83.7 cm³/mol. The lowest BCUT2D eigenvalue weighted by molar-refractivity contribution is 0.376. The normalized spacial score (nSPS) is 12.8. The van der Waals surface area contributed by atoms with E-state index < -0.39 is 0 Å². The van der Waals surface area contributed by atoms with E-state index in [1.165, 1.54) is 10.6 Å². The van der Waals surface area contributed by atoms with Crippen LogP contribution in [0.15, 0.2) is 29.2 Å². The Morgan fingerprint density at radius 3 is 2.28 bits per heavy atom. The molecule has 1 aromatic carbocycles. The average Bonchev–Trinajstić information content (AvgIpc) is 2.38. The highest BCUT2D eigenvalue weighted by Crippen LogP contribution is 2.21. The van der Waals surface area contributed by atoms with Gasteiger partial charge in [-0.1, -0.05) is 13.8 Å². The van der Waals surface area contributed by atoms with Crippen molar-refractivity contribution in [2.45, 2.75) is 18.7 Å². The lowest BCUT2D eigenvalue weighted by Crippen LogP contribution is -2.34. The van der Waals surface area contributed by atoms with E-state index in [9.17, 15) is 0 Å². The fourth-order valence-electron chi connectivity index (χ4n) is 2.07. The van der Waals surface area contributed by atoms with Crippen LogP contribution in [0.3, 0.4) is 0 Å². The number of benzene rings is 1. The fraction of sp³-hybridized carbons (Fsp3) is 0.600. The van der Waals surface area contributed by atoms with Crippen LogP contribution >= 0.6 is 11.8 Å². The molecule has 18 heavy (non-hydrogen) atoms. The average molecular weight is 266 g/mol. The molecule has 0 heterocycles. The van der Waals surface area contributed by atoms with Crippen molar-refractivity contribution in [1.82, 2.24) is 5.32 Å². The first-order valence-corrected chi connectivity index (χ1v) is 7.80. The summed E-state index contributed by atoms with van der Waals surface area (Å²) in [6, 6.07) is 8.81. The van der Waals surface area contributed by atoms with Gasteiger partial charge in [0.1, 0.15) is 0 Å². The Labute approximate surface area is 116 Å². The summed E-state index contributed by atoms with van der Waals surface area (Å²) < 4.78 is 0. The smallest absolute Gasteiger partial charge is 0.0364 e. The van der Waals surface area contributed by atoms with Crippen LogP contribution in [0.4, 0.5) is 5.69 Å². The Kier molecular flexibility index (Phi) is 6.58. The van der Waals surface area contributed by atoms with Crippen molar-refractivity contribution in [1.29, 1.82) is 0 Å². The number of nitrogens with one attached hydrogen (secondary N) is 1. The van der Waals surface area contributed by atoms with Gasteiger partial charge >= 0.3 is 0 Å². The first-order valence-electron chi connectivity index (χ1n) is 6.58. The predicted octanol–water partition coefficient (Wildman–Crippen LogP) is 3.34. The Morgan fingerprint density at radius 2 is 1.83 bits per heavy atom. The first-order chi connectivity index (χ1) is 8.58. The van der Waals surface area contributed by atoms with Gasteiger partial charge in [-0.2, -0.15) is 0 Å². The van der Waals surface area contributed by atoms with Crippen molar-refractivity contribution in [3.8, 4) is 0 Å². The van der Waals surface area contributed by atoms with Crippen LogP contribution in [0.2, 0.25) is 0 Å². The maximum absolute atomic E-state index is 3.29. The quantitative estimate of drug-likeness (QED) is 0.762. The minimum atomic E-state index is 0.681. The van der Waals surface area contributed by atoms with Gasteiger partial charge in [0.05, 0.1) is 0 Å². The summed E-state index contributed by atoms with van der Waals surface area (Å²) in [5.74, 6) is 1.38. The first kappa shape index (κ1) is 15.4. The van der Waals surface area contributed by atoms with Crippen LogP contribution < -0.4 is 10.2 Å². The molecular weight excluding hydrogens is 240 g/mol. The van der Waals surface area contributed by atoms with Crippen LogP contribution in [-0.2, 0) is 0 Å². The van der Waals surface area contributed by atoms with Crippen molar-refractivity contribution in [3.05, 3.63) is 24.3 Å². The number of hydrogen-bond donors (Lipinski definition) is 1. The lowest BCUT2D eigenvalue weighted by atomic mass is 9.95. The van der Waals surface area contributed by atoms with Gasteiger partial charge in [-0.15, -0.1) is 11.8 Å². The zero-order chi connectivity index (χ0) is 13.5. The molecule has 0 aliphatic carbocycles. The van der Waals surface area contributed by atoms with Crippen LogP contribution in [0, 0.1) is 11.8 Å². The van der Waals surface area contributed by atoms with E-state index in [-0.39, 0.29) is 0 Å². The van der Waals surface area contributed by atoms with Gasteiger partial charge in [0, 0.05) is 24.2 Å². The summed E-state index contributed by atoms with van der Waals surface area (Å²) in [7, 11) is 4.21. The molecule has 0 spiro atoms. The van der Waals surface area contributed by atoms with Gasteiger partial charge in [0.15, 0.2) is 0 Å². The molecular formula is C15H26N2S. The second kappa shape index (κ2) is 7.70. The zero-order valence-corrected chi connectivity index (χ0v) is 13.1. The molecule has 1 N–H and O–H groups in total. The summed E-state index contributed by atoms with van der Waals surface area (Å²) in [5.41, 5.74) is 1.30. The largest absolute Gasteiger partial charge is 0.374 e. The number of hydrogen-bond acceptors (Lipinski definition) is 3. The molecule has 3 heteroatoms. The van der Waals surface area contributed by atoms with E-state index in [0.29, 0.717) is 11.8 Å². The summed E-state index contributed by atoms with van der Waals surface area (Å²) in [6.45, 7) is 6.77. The van der Waals surface area contributed by atoms with Crippen LogP contribution in [0.1, 0.15) is 13.8 Å². The van der Waals surface area contributed by atoms with E-state index >= 15 is 0 Å². The Bertz CT molecular complexity index is 335. The molecule has 0 bridgehead atoms. The molecule has 0 fully saturated rings. The molecule has 0 radical (unpaired) electrons. The minimum Gasteiger partial charge on any atom is -0.374 e. The second-order valence-corrected chi connectivity index (χ2v) is 6.02. The molecule has 0 saturated carbocycles. The summed E-state index contributed by atoms with van der Waals surface area (Å²) >= 11 is 1.79. The molecule has 0 aliphatic rings. The highest BCUT2D eigenvalue weighted by molar-refractivity contribution is 7.98.